The average molecular weight is 372 g/mol. The summed E-state index contributed by atoms with van der Waals surface area (Å²) in [4.78, 5) is 0. The van der Waals surface area contributed by atoms with Gasteiger partial charge in [-0.2, -0.15) is 48.3 Å². The minimum atomic E-state index is -6.68. The third-order valence-corrected chi connectivity index (χ3v) is 3.32. The van der Waals surface area contributed by atoms with Crippen LogP contribution in [-0.4, -0.2) is 35.5 Å². The van der Waals surface area contributed by atoms with E-state index < -0.39 is 54.8 Å². The lowest BCUT2D eigenvalue weighted by Crippen LogP contribution is -2.64. The Morgan fingerprint density at radius 3 is 1.17 bits per heavy atom. The molecule has 0 aromatic rings. The molecule has 0 radical (unpaired) electrons. The van der Waals surface area contributed by atoms with Gasteiger partial charge in [0, 0.05) is 6.42 Å². The summed E-state index contributed by atoms with van der Waals surface area (Å²) < 4.78 is 155. The molecule has 0 saturated heterocycles. The summed E-state index contributed by atoms with van der Waals surface area (Å²) in [6.07, 6.45) is -14.1. The van der Waals surface area contributed by atoms with E-state index in [1.165, 1.54) is 0 Å². The Balaban J connectivity index is 5.91. The predicted octanol–water partition coefficient (Wildman–Crippen LogP) is 6.01. The molecular weight excluding hydrogens is 360 g/mol. The van der Waals surface area contributed by atoms with Crippen molar-refractivity contribution in [3.63, 3.8) is 0 Å². The molecule has 0 aromatic carbocycles. The van der Waals surface area contributed by atoms with Crippen LogP contribution >= 0.6 is 0 Å². The third kappa shape index (κ3) is 3.49. The van der Waals surface area contributed by atoms with Gasteiger partial charge < -0.3 is 0 Å². The zero-order chi connectivity index (χ0) is 19.1. The maximum absolute atomic E-state index is 13.5. The van der Waals surface area contributed by atoms with Crippen molar-refractivity contribution < 1.29 is 52.7 Å². The zero-order valence-electron chi connectivity index (χ0n) is 11.7. The highest BCUT2D eigenvalue weighted by Gasteiger charge is 2.80. The van der Waals surface area contributed by atoms with Gasteiger partial charge in [-0.3, -0.25) is 0 Å². The first-order valence-corrected chi connectivity index (χ1v) is 6.10. The topological polar surface area (TPSA) is 0 Å². The first-order valence-electron chi connectivity index (χ1n) is 6.10. The van der Waals surface area contributed by atoms with Crippen LogP contribution in [0.2, 0.25) is 0 Å². The minimum absolute atomic E-state index is 0.135. The summed E-state index contributed by atoms with van der Waals surface area (Å²) in [5.74, 6) is -24.0. The maximum atomic E-state index is 13.5. The van der Waals surface area contributed by atoms with Crippen LogP contribution in [0.4, 0.5) is 52.7 Å². The van der Waals surface area contributed by atoms with E-state index >= 15 is 0 Å². The molecule has 0 rings (SSSR count). The maximum Gasteiger partial charge on any atom is 0.428 e. The van der Waals surface area contributed by atoms with Crippen LogP contribution in [0.5, 0.6) is 0 Å². The van der Waals surface area contributed by atoms with Crippen LogP contribution < -0.4 is 0 Å². The molecule has 0 aromatic heterocycles. The second-order valence-corrected chi connectivity index (χ2v) is 4.87. The van der Waals surface area contributed by atoms with Gasteiger partial charge in [0.25, 0.3) is 5.67 Å². The Kier molecular flexibility index (Phi) is 5.69. The van der Waals surface area contributed by atoms with Crippen molar-refractivity contribution in [2.24, 2.45) is 0 Å². The number of halogens is 12. The van der Waals surface area contributed by atoms with Crippen molar-refractivity contribution in [3.8, 4) is 0 Å². The summed E-state index contributed by atoms with van der Waals surface area (Å²) in [6.45, 7) is 0.557. The van der Waals surface area contributed by atoms with Gasteiger partial charge in [0.1, 0.15) is 0 Å². The smallest absolute Gasteiger partial charge is 0.227 e. The minimum Gasteiger partial charge on any atom is -0.227 e. The SMILES string of the molecule is CCC(F)(F)C(F)(F)CC(F)(F)C(F)(F)C(F)(CC)C(F)(F)F. The second-order valence-electron chi connectivity index (χ2n) is 4.87. The number of hydrogen-bond donors (Lipinski definition) is 0. The first-order chi connectivity index (χ1) is 9.83. The molecule has 140 valence electrons. The molecule has 1 unspecified atom stereocenters. The van der Waals surface area contributed by atoms with Gasteiger partial charge in [-0.25, -0.2) is 4.39 Å². The average Bonchev–Trinajstić information content (AvgIpc) is 2.34. The normalized spacial score (nSPS) is 18.0. The van der Waals surface area contributed by atoms with Crippen molar-refractivity contribution in [2.75, 3.05) is 0 Å². The fourth-order valence-electron chi connectivity index (χ4n) is 1.67. The zero-order valence-corrected chi connectivity index (χ0v) is 11.7. The molecule has 0 spiro atoms. The van der Waals surface area contributed by atoms with Gasteiger partial charge in [0.15, 0.2) is 0 Å². The quantitative estimate of drug-likeness (QED) is 0.480. The third-order valence-electron chi connectivity index (χ3n) is 3.32. The molecule has 0 aliphatic heterocycles. The Bertz CT molecular complexity index is 410. The van der Waals surface area contributed by atoms with E-state index in [-0.39, 0.29) is 6.92 Å². The number of hydrogen-bond acceptors (Lipinski definition) is 0. The van der Waals surface area contributed by atoms with Gasteiger partial charge >= 0.3 is 29.9 Å². The molecule has 0 amide bonds. The Hall–Kier alpha value is -0.840. The second kappa shape index (κ2) is 5.91. The van der Waals surface area contributed by atoms with Crippen molar-refractivity contribution in [3.05, 3.63) is 0 Å². The molecule has 0 aliphatic rings. The van der Waals surface area contributed by atoms with Gasteiger partial charge in [-0.15, -0.1) is 0 Å². The Morgan fingerprint density at radius 1 is 0.522 bits per heavy atom. The largest absolute Gasteiger partial charge is 0.428 e. The van der Waals surface area contributed by atoms with Gasteiger partial charge in [-0.05, 0) is 6.42 Å². The lowest BCUT2D eigenvalue weighted by atomic mass is 9.85. The molecule has 0 fully saturated rings. The van der Waals surface area contributed by atoms with Crippen molar-refractivity contribution >= 4 is 0 Å². The summed E-state index contributed by atoms with van der Waals surface area (Å²) in [6, 6.07) is 0. The summed E-state index contributed by atoms with van der Waals surface area (Å²) in [5, 5.41) is 0. The van der Waals surface area contributed by atoms with Crippen LogP contribution in [0.25, 0.3) is 0 Å². The molecule has 0 saturated carbocycles. The molecule has 0 bridgehead atoms. The lowest BCUT2D eigenvalue weighted by Gasteiger charge is -2.40. The highest BCUT2D eigenvalue weighted by Crippen LogP contribution is 2.57. The molecule has 0 heterocycles. The standard InChI is InChI=1S/C11H12F12/c1-3-6(12,11(21,22)23)10(19,20)9(17,18)5-8(15,16)7(13,14)4-2/h3-5H2,1-2H3. The molecule has 23 heavy (non-hydrogen) atoms. The first kappa shape index (κ1) is 22.2. The lowest BCUT2D eigenvalue weighted by molar-refractivity contribution is -0.367. The fraction of sp³-hybridized carbons (Fsp3) is 1.00. The van der Waals surface area contributed by atoms with Crippen LogP contribution in [0.1, 0.15) is 33.1 Å². The highest BCUT2D eigenvalue weighted by atomic mass is 19.4. The van der Waals surface area contributed by atoms with Crippen LogP contribution in [0.3, 0.4) is 0 Å². The van der Waals surface area contributed by atoms with Crippen LogP contribution in [0, 0.1) is 0 Å². The highest BCUT2D eigenvalue weighted by molar-refractivity contribution is 5.08. The molecule has 0 N–H and O–H groups in total. The van der Waals surface area contributed by atoms with E-state index in [0.717, 1.165) is 0 Å². The molecular formula is C11H12F12. The van der Waals surface area contributed by atoms with Crippen LogP contribution in [0.15, 0.2) is 0 Å². The van der Waals surface area contributed by atoms with Crippen molar-refractivity contribution in [2.45, 2.75) is 68.6 Å². The van der Waals surface area contributed by atoms with E-state index in [0.29, 0.717) is 6.92 Å². The van der Waals surface area contributed by atoms with E-state index in [1.54, 1.807) is 0 Å². The van der Waals surface area contributed by atoms with Crippen LogP contribution in [-0.2, 0) is 0 Å². The summed E-state index contributed by atoms with van der Waals surface area (Å²) in [5.41, 5.74) is -5.86. The predicted molar refractivity (Wildman–Crippen MR) is 54.9 cm³/mol. The fourth-order valence-corrected chi connectivity index (χ4v) is 1.67. The van der Waals surface area contributed by atoms with Crippen molar-refractivity contribution in [1.29, 1.82) is 0 Å². The van der Waals surface area contributed by atoms with Gasteiger partial charge in [0.05, 0.1) is 6.42 Å². The van der Waals surface area contributed by atoms with Gasteiger partial charge in [0.2, 0.25) is 0 Å². The Labute approximate surface area is 122 Å². The van der Waals surface area contributed by atoms with E-state index in [9.17, 15) is 52.7 Å². The van der Waals surface area contributed by atoms with E-state index in [4.69, 9.17) is 0 Å². The molecule has 0 nitrogen and oxygen atoms in total. The Morgan fingerprint density at radius 2 is 0.913 bits per heavy atom. The molecule has 1 atom stereocenters. The van der Waals surface area contributed by atoms with Gasteiger partial charge in [-0.1, -0.05) is 13.8 Å². The van der Waals surface area contributed by atoms with Crippen molar-refractivity contribution in [1.82, 2.24) is 0 Å². The van der Waals surface area contributed by atoms with E-state index in [1.807, 2.05) is 0 Å². The number of rotatable bonds is 7. The summed E-state index contributed by atoms with van der Waals surface area (Å²) in [7, 11) is 0. The molecule has 12 heteroatoms. The van der Waals surface area contributed by atoms with E-state index in [2.05, 4.69) is 0 Å². The number of alkyl halides is 12. The molecule has 0 aliphatic carbocycles. The summed E-state index contributed by atoms with van der Waals surface area (Å²) >= 11 is 0. The monoisotopic (exact) mass is 372 g/mol.